The molecule has 1 aromatic rings. The van der Waals surface area contributed by atoms with Gasteiger partial charge in [-0.05, 0) is 44.0 Å². The van der Waals surface area contributed by atoms with E-state index >= 15 is 0 Å². The molecule has 3 aliphatic heterocycles. The lowest BCUT2D eigenvalue weighted by Gasteiger charge is -2.35. The zero-order valence-electron chi connectivity index (χ0n) is 17.3. The summed E-state index contributed by atoms with van der Waals surface area (Å²) < 4.78 is 11.4. The summed E-state index contributed by atoms with van der Waals surface area (Å²) in [6.07, 6.45) is 0.730. The van der Waals surface area contributed by atoms with Crippen LogP contribution in [0.15, 0.2) is 24.3 Å². The topological polar surface area (TPSA) is 117 Å². The van der Waals surface area contributed by atoms with E-state index in [9.17, 15) is 19.5 Å². The fraction of sp³-hybridized carbons (Fsp3) is 0.571. The maximum absolute atomic E-state index is 13.4. The van der Waals surface area contributed by atoms with Gasteiger partial charge < -0.3 is 30.1 Å². The number of ether oxygens (including phenoxy) is 2. The maximum atomic E-state index is 13.4. The van der Waals surface area contributed by atoms with Crippen LogP contribution in [0.2, 0.25) is 0 Å². The Morgan fingerprint density at radius 2 is 2.03 bits per heavy atom. The largest absolute Gasteiger partial charge is 0.497 e. The van der Waals surface area contributed by atoms with Crippen LogP contribution in [-0.4, -0.2) is 72.3 Å². The molecule has 3 heterocycles. The lowest BCUT2D eigenvalue weighted by Crippen LogP contribution is -2.55. The van der Waals surface area contributed by atoms with Gasteiger partial charge in [0.25, 0.3) is 0 Å². The molecule has 9 nitrogen and oxygen atoms in total. The van der Waals surface area contributed by atoms with Crippen LogP contribution in [0.4, 0.5) is 5.69 Å². The molecule has 2 unspecified atom stereocenters. The number of aliphatic hydroxyl groups is 1. The van der Waals surface area contributed by atoms with Crippen LogP contribution in [-0.2, 0) is 19.1 Å². The predicted octanol–water partition coefficient (Wildman–Crippen LogP) is 0.135. The first-order valence-electron chi connectivity index (χ1n) is 10.1. The first-order chi connectivity index (χ1) is 14.4. The number of methoxy groups -OCH3 is 1. The number of nitrogens with zero attached hydrogens (tertiary/aromatic N) is 1. The molecule has 0 aliphatic carbocycles. The molecule has 3 fully saturated rings. The van der Waals surface area contributed by atoms with E-state index in [2.05, 4.69) is 10.6 Å². The van der Waals surface area contributed by atoms with Gasteiger partial charge in [-0.3, -0.25) is 14.4 Å². The van der Waals surface area contributed by atoms with Crippen molar-refractivity contribution >= 4 is 23.4 Å². The van der Waals surface area contributed by atoms with Gasteiger partial charge in [0.15, 0.2) is 0 Å². The number of fused-ring (bicyclic) bond motifs is 1. The number of benzene rings is 1. The van der Waals surface area contributed by atoms with Crippen molar-refractivity contribution < 1.29 is 29.0 Å². The number of carbonyl (C=O) groups is 3. The number of anilines is 1. The molecule has 6 atom stereocenters. The summed E-state index contributed by atoms with van der Waals surface area (Å²) in [5.74, 6) is -1.69. The van der Waals surface area contributed by atoms with E-state index in [1.807, 2.05) is 0 Å². The first kappa shape index (κ1) is 20.6. The Hall–Kier alpha value is -2.65. The molecule has 2 bridgehead atoms. The van der Waals surface area contributed by atoms with Crippen molar-refractivity contribution in [1.29, 1.82) is 0 Å². The zero-order chi connectivity index (χ0) is 21.6. The zero-order valence-corrected chi connectivity index (χ0v) is 17.3. The molecule has 9 heteroatoms. The van der Waals surface area contributed by atoms with Gasteiger partial charge in [0.1, 0.15) is 17.4 Å². The Bertz CT molecular complexity index is 859. The van der Waals surface area contributed by atoms with Crippen molar-refractivity contribution in [1.82, 2.24) is 10.2 Å². The van der Waals surface area contributed by atoms with E-state index in [0.29, 0.717) is 24.3 Å². The van der Waals surface area contributed by atoms with Crippen molar-refractivity contribution in [2.45, 2.75) is 43.6 Å². The highest BCUT2D eigenvalue weighted by Gasteiger charge is 2.74. The second-order valence-electron chi connectivity index (χ2n) is 8.17. The monoisotopic (exact) mass is 417 g/mol. The third kappa shape index (κ3) is 2.87. The fourth-order valence-corrected chi connectivity index (χ4v) is 5.30. The van der Waals surface area contributed by atoms with Gasteiger partial charge >= 0.3 is 0 Å². The van der Waals surface area contributed by atoms with Crippen LogP contribution in [0.3, 0.4) is 0 Å². The Labute approximate surface area is 174 Å². The minimum Gasteiger partial charge on any atom is -0.497 e. The molecule has 3 saturated heterocycles. The molecule has 1 aromatic carbocycles. The summed E-state index contributed by atoms with van der Waals surface area (Å²) in [7, 11) is 3.09. The predicted molar refractivity (Wildman–Crippen MR) is 107 cm³/mol. The summed E-state index contributed by atoms with van der Waals surface area (Å²) in [6.45, 7) is 1.39. The van der Waals surface area contributed by atoms with Crippen molar-refractivity contribution in [3.63, 3.8) is 0 Å². The molecule has 3 N–H and O–H groups in total. The Morgan fingerprint density at radius 3 is 2.63 bits per heavy atom. The average molecular weight is 417 g/mol. The lowest BCUT2D eigenvalue weighted by atomic mass is 9.70. The van der Waals surface area contributed by atoms with Crippen molar-refractivity contribution in [3.05, 3.63) is 24.3 Å². The van der Waals surface area contributed by atoms with Crippen molar-refractivity contribution in [3.8, 4) is 5.75 Å². The first-order valence-corrected chi connectivity index (χ1v) is 10.1. The molecular weight excluding hydrogens is 390 g/mol. The SMILES string of the molecule is CNC(=O)[C@@H]1[C@@H]2CCC3(O2)C(C(=O)Nc2ccc(OC)cc2)N([C@H](C)CO)C(=O)[C@H]13. The summed E-state index contributed by atoms with van der Waals surface area (Å²) in [6, 6.07) is 5.36. The number of likely N-dealkylation sites (tertiary alicyclic amines) is 1. The van der Waals surface area contributed by atoms with E-state index in [-0.39, 0.29) is 24.5 Å². The Kier molecular flexibility index (Phi) is 5.19. The van der Waals surface area contributed by atoms with E-state index in [1.165, 1.54) is 11.9 Å². The van der Waals surface area contributed by atoms with E-state index < -0.39 is 35.4 Å². The summed E-state index contributed by atoms with van der Waals surface area (Å²) in [5.41, 5.74) is -0.515. The van der Waals surface area contributed by atoms with E-state index in [4.69, 9.17) is 9.47 Å². The molecule has 162 valence electrons. The summed E-state index contributed by atoms with van der Waals surface area (Å²) in [5, 5.41) is 15.2. The number of nitrogens with one attached hydrogen (secondary N) is 2. The molecule has 3 amide bonds. The van der Waals surface area contributed by atoms with Gasteiger partial charge in [-0.1, -0.05) is 0 Å². The van der Waals surface area contributed by atoms with Gasteiger partial charge in [0.05, 0.1) is 37.7 Å². The highest BCUT2D eigenvalue weighted by molar-refractivity contribution is 6.03. The second kappa shape index (κ2) is 7.55. The Morgan fingerprint density at radius 1 is 1.33 bits per heavy atom. The third-order valence-electron chi connectivity index (χ3n) is 6.63. The van der Waals surface area contributed by atoms with Crippen molar-refractivity contribution in [2.75, 3.05) is 26.1 Å². The van der Waals surface area contributed by atoms with Gasteiger partial charge in [0.2, 0.25) is 17.7 Å². The van der Waals surface area contributed by atoms with Crippen LogP contribution >= 0.6 is 0 Å². The molecule has 1 spiro atoms. The summed E-state index contributed by atoms with van der Waals surface area (Å²) in [4.78, 5) is 40.8. The fourth-order valence-electron chi connectivity index (χ4n) is 5.30. The minimum absolute atomic E-state index is 0.257. The smallest absolute Gasteiger partial charge is 0.250 e. The summed E-state index contributed by atoms with van der Waals surface area (Å²) >= 11 is 0. The number of hydrogen-bond acceptors (Lipinski definition) is 6. The van der Waals surface area contributed by atoms with E-state index in [0.717, 1.165) is 0 Å². The maximum Gasteiger partial charge on any atom is 0.250 e. The number of rotatable bonds is 6. The molecule has 0 aromatic heterocycles. The second-order valence-corrected chi connectivity index (χ2v) is 8.17. The van der Waals surface area contributed by atoms with Gasteiger partial charge in [-0.2, -0.15) is 0 Å². The normalized spacial score (nSPS) is 32.7. The number of aliphatic hydroxyl groups excluding tert-OH is 1. The van der Waals surface area contributed by atoms with Crippen LogP contribution in [0.25, 0.3) is 0 Å². The van der Waals surface area contributed by atoms with Gasteiger partial charge in [-0.15, -0.1) is 0 Å². The number of carbonyl (C=O) groups excluding carboxylic acids is 3. The number of amides is 3. The van der Waals surface area contributed by atoms with Crippen LogP contribution in [0, 0.1) is 11.8 Å². The lowest BCUT2D eigenvalue weighted by molar-refractivity contribution is -0.143. The Balaban J connectivity index is 1.69. The average Bonchev–Trinajstić information content (AvgIpc) is 3.40. The molecule has 0 radical (unpaired) electrons. The van der Waals surface area contributed by atoms with Gasteiger partial charge in [0, 0.05) is 12.7 Å². The highest BCUT2D eigenvalue weighted by Crippen LogP contribution is 2.58. The van der Waals surface area contributed by atoms with Crippen LogP contribution < -0.4 is 15.4 Å². The standard InChI is InChI=1S/C21H27N3O6/c1-11(10-25)24-17(19(27)23-12-4-6-13(29-3)7-5-12)21-9-8-14(30-21)15(18(26)22-2)16(21)20(24)28/h4-7,11,14-17,25H,8-10H2,1-3H3,(H,22,26)(H,23,27)/t11-,14+,15-,16+,17?,21?/m1/s1. The minimum atomic E-state index is -1.07. The van der Waals surface area contributed by atoms with Crippen molar-refractivity contribution in [2.24, 2.45) is 11.8 Å². The number of hydrogen-bond donors (Lipinski definition) is 3. The van der Waals surface area contributed by atoms with Crippen LogP contribution in [0.5, 0.6) is 5.75 Å². The quantitative estimate of drug-likeness (QED) is 0.606. The van der Waals surface area contributed by atoms with Crippen LogP contribution in [0.1, 0.15) is 19.8 Å². The highest BCUT2D eigenvalue weighted by atomic mass is 16.5. The van der Waals surface area contributed by atoms with E-state index in [1.54, 1.807) is 38.3 Å². The molecular formula is C21H27N3O6. The third-order valence-corrected chi connectivity index (χ3v) is 6.63. The molecule has 3 aliphatic rings. The molecule has 0 saturated carbocycles. The molecule has 4 rings (SSSR count). The molecule has 30 heavy (non-hydrogen) atoms. The van der Waals surface area contributed by atoms with Gasteiger partial charge in [-0.25, -0.2) is 0 Å².